The molecule has 1 heterocycles. The highest BCUT2D eigenvalue weighted by Gasteiger charge is 2.24. The molecule has 0 spiro atoms. The molecule has 9 heteroatoms. The van der Waals surface area contributed by atoms with Gasteiger partial charge in [0, 0.05) is 24.2 Å². The number of fused-ring (bicyclic) bond motifs is 1. The summed E-state index contributed by atoms with van der Waals surface area (Å²) in [4.78, 5) is 20.9. The molecule has 2 aromatic carbocycles. The maximum atomic E-state index is 14.2. The average Bonchev–Trinajstić information content (AvgIpc) is 3.02. The second-order valence-electron chi connectivity index (χ2n) is 6.40. The highest BCUT2D eigenvalue weighted by molar-refractivity contribution is 7.22. The Morgan fingerprint density at radius 1 is 1.18 bits per heavy atom. The van der Waals surface area contributed by atoms with E-state index in [1.807, 2.05) is 32.0 Å². The van der Waals surface area contributed by atoms with Crippen LogP contribution in [0, 0.1) is 18.6 Å². The van der Waals surface area contributed by atoms with Crippen molar-refractivity contribution in [3.63, 3.8) is 0 Å². The average molecular weight is 446 g/mol. The first-order chi connectivity index (χ1) is 12.8. The maximum Gasteiger partial charge on any atom is 0.263 e. The number of carbonyl (C=O) groups excluding carboxylic acids is 1. The number of rotatable bonds is 5. The minimum absolute atomic E-state index is 0. The van der Waals surface area contributed by atoms with Gasteiger partial charge in [-0.25, -0.2) is 13.8 Å². The Kier molecular flexibility index (Phi) is 7.33. The van der Waals surface area contributed by atoms with Crippen molar-refractivity contribution in [2.45, 2.75) is 6.92 Å². The first kappa shape index (κ1) is 22.5. The fourth-order valence-corrected chi connectivity index (χ4v) is 3.80. The molecule has 0 unspecified atom stereocenters. The van der Waals surface area contributed by atoms with Crippen molar-refractivity contribution in [3.05, 3.63) is 58.1 Å². The Hall–Kier alpha value is -1.80. The molecule has 3 rings (SSSR count). The summed E-state index contributed by atoms with van der Waals surface area (Å²) >= 11 is 7.50. The Labute approximate surface area is 177 Å². The van der Waals surface area contributed by atoms with Gasteiger partial charge in [-0.2, -0.15) is 0 Å². The Morgan fingerprint density at radius 2 is 1.89 bits per heavy atom. The molecule has 0 atom stereocenters. The van der Waals surface area contributed by atoms with Gasteiger partial charge in [0.1, 0.15) is 11.6 Å². The number of likely N-dealkylation sites (N-methyl/N-ethyl adjacent to an activating group) is 1. The highest BCUT2D eigenvalue weighted by Crippen LogP contribution is 2.34. The van der Waals surface area contributed by atoms with Crippen LogP contribution in [0.4, 0.5) is 13.9 Å². The largest absolute Gasteiger partial charge is 0.308 e. The van der Waals surface area contributed by atoms with Gasteiger partial charge in [0.2, 0.25) is 0 Å². The van der Waals surface area contributed by atoms with E-state index in [2.05, 4.69) is 4.98 Å². The van der Waals surface area contributed by atoms with Gasteiger partial charge < -0.3 is 4.90 Å². The van der Waals surface area contributed by atoms with Gasteiger partial charge in [-0.3, -0.25) is 9.69 Å². The molecule has 4 nitrogen and oxygen atoms in total. The number of halogens is 4. The number of anilines is 1. The summed E-state index contributed by atoms with van der Waals surface area (Å²) in [6, 6.07) is 6.57. The Bertz CT molecular complexity index is 1010. The van der Waals surface area contributed by atoms with Gasteiger partial charge in [-0.05, 0) is 50.8 Å². The predicted molar refractivity (Wildman–Crippen MR) is 113 cm³/mol. The van der Waals surface area contributed by atoms with Crippen LogP contribution in [0.5, 0.6) is 0 Å². The van der Waals surface area contributed by atoms with Gasteiger partial charge in [-0.15, -0.1) is 12.4 Å². The van der Waals surface area contributed by atoms with Crippen molar-refractivity contribution in [3.8, 4) is 0 Å². The third kappa shape index (κ3) is 4.60. The lowest BCUT2D eigenvalue weighted by molar-refractivity contribution is 0.0981. The number of thiazole rings is 1. The first-order valence-corrected chi connectivity index (χ1v) is 9.44. The number of nitrogens with zero attached hydrogens (tertiary/aromatic N) is 3. The molecule has 0 radical (unpaired) electrons. The molecule has 0 bridgehead atoms. The van der Waals surface area contributed by atoms with E-state index in [0.717, 1.165) is 22.4 Å². The van der Waals surface area contributed by atoms with E-state index < -0.39 is 17.5 Å². The fourth-order valence-electron chi connectivity index (χ4n) is 2.60. The molecule has 28 heavy (non-hydrogen) atoms. The van der Waals surface area contributed by atoms with Gasteiger partial charge in [0.05, 0.1) is 15.8 Å². The second kappa shape index (κ2) is 9.13. The van der Waals surface area contributed by atoms with Crippen LogP contribution in [-0.2, 0) is 0 Å². The zero-order chi connectivity index (χ0) is 19.7. The van der Waals surface area contributed by atoms with Gasteiger partial charge in [-0.1, -0.05) is 22.9 Å². The van der Waals surface area contributed by atoms with Crippen LogP contribution in [-0.4, -0.2) is 43.0 Å². The lowest BCUT2D eigenvalue weighted by Crippen LogP contribution is -2.37. The number of aryl methyl sites for hydroxylation is 1. The molecule has 0 N–H and O–H groups in total. The number of hydrogen-bond acceptors (Lipinski definition) is 4. The molecule has 0 saturated heterocycles. The summed E-state index contributed by atoms with van der Waals surface area (Å²) in [5, 5.41) is 1.04. The van der Waals surface area contributed by atoms with E-state index in [4.69, 9.17) is 11.6 Å². The van der Waals surface area contributed by atoms with Gasteiger partial charge in [0.15, 0.2) is 5.13 Å². The van der Waals surface area contributed by atoms with E-state index in [1.165, 1.54) is 16.2 Å². The van der Waals surface area contributed by atoms with Crippen LogP contribution in [0.2, 0.25) is 5.02 Å². The van der Waals surface area contributed by atoms with E-state index >= 15 is 0 Å². The van der Waals surface area contributed by atoms with Crippen molar-refractivity contribution in [2.24, 2.45) is 0 Å². The zero-order valence-corrected chi connectivity index (χ0v) is 17.9. The Morgan fingerprint density at radius 3 is 2.54 bits per heavy atom. The van der Waals surface area contributed by atoms with Crippen molar-refractivity contribution in [1.29, 1.82) is 0 Å². The molecule has 0 fully saturated rings. The van der Waals surface area contributed by atoms with E-state index in [0.29, 0.717) is 34.8 Å². The lowest BCUT2D eigenvalue weighted by Gasteiger charge is -2.22. The first-order valence-electron chi connectivity index (χ1n) is 8.25. The molecule has 150 valence electrons. The molecule has 0 aliphatic heterocycles. The molecule has 3 aromatic rings. The van der Waals surface area contributed by atoms with E-state index in [9.17, 15) is 13.6 Å². The number of hydrogen-bond donors (Lipinski definition) is 0. The smallest absolute Gasteiger partial charge is 0.263 e. The summed E-state index contributed by atoms with van der Waals surface area (Å²) in [5.41, 5.74) is 1.35. The molecule has 0 aliphatic carbocycles. The fraction of sp³-hybridized carbons (Fsp3) is 0.263. The van der Waals surface area contributed by atoms with Crippen LogP contribution in [0.3, 0.4) is 0 Å². The quantitative estimate of drug-likeness (QED) is 0.543. The second-order valence-corrected chi connectivity index (χ2v) is 7.82. The predicted octanol–water partition coefficient (Wildman–Crippen LogP) is 5.17. The number of amides is 1. The third-order valence-electron chi connectivity index (χ3n) is 4.14. The van der Waals surface area contributed by atoms with Gasteiger partial charge in [0.25, 0.3) is 5.91 Å². The number of benzene rings is 2. The minimum atomic E-state index is -0.893. The molecule has 0 saturated carbocycles. The van der Waals surface area contributed by atoms with Crippen LogP contribution in [0.25, 0.3) is 10.2 Å². The van der Waals surface area contributed by atoms with Crippen LogP contribution < -0.4 is 4.90 Å². The zero-order valence-electron chi connectivity index (χ0n) is 15.5. The molecular weight excluding hydrogens is 427 g/mol. The summed E-state index contributed by atoms with van der Waals surface area (Å²) in [6.07, 6.45) is 0. The lowest BCUT2D eigenvalue weighted by atomic mass is 10.2. The van der Waals surface area contributed by atoms with Crippen LogP contribution in [0.15, 0.2) is 30.3 Å². The van der Waals surface area contributed by atoms with E-state index in [1.54, 1.807) is 6.07 Å². The Balaban J connectivity index is 0.00000280. The molecule has 0 aliphatic rings. The standard InChI is InChI=1S/C19H18ClF2N3OS.ClH/c1-11-14(20)6-7-16-17(11)23-19(27-16)25(9-8-24(2)3)18(26)13-5-4-12(21)10-15(13)22;/h4-7,10H,8-9H2,1-3H3;1H. The van der Waals surface area contributed by atoms with Gasteiger partial charge >= 0.3 is 0 Å². The van der Waals surface area contributed by atoms with Crippen molar-refractivity contribution in [2.75, 3.05) is 32.1 Å². The minimum Gasteiger partial charge on any atom is -0.308 e. The van der Waals surface area contributed by atoms with Crippen molar-refractivity contribution >= 4 is 56.6 Å². The van der Waals surface area contributed by atoms with Crippen LogP contribution in [0.1, 0.15) is 15.9 Å². The maximum absolute atomic E-state index is 14.2. The highest BCUT2D eigenvalue weighted by atomic mass is 35.5. The third-order valence-corrected chi connectivity index (χ3v) is 5.60. The molecular formula is C19H19Cl2F2N3OS. The summed E-state index contributed by atoms with van der Waals surface area (Å²) in [7, 11) is 3.76. The van der Waals surface area contributed by atoms with Crippen LogP contribution >= 0.6 is 35.3 Å². The SMILES string of the molecule is Cc1c(Cl)ccc2sc(N(CCN(C)C)C(=O)c3ccc(F)cc3F)nc12.Cl. The summed E-state index contributed by atoms with van der Waals surface area (Å²) < 4.78 is 28.3. The number of carbonyl (C=O) groups is 1. The number of aromatic nitrogens is 1. The summed E-state index contributed by atoms with van der Waals surface area (Å²) in [6.45, 7) is 2.74. The normalized spacial score (nSPS) is 11.0. The monoisotopic (exact) mass is 445 g/mol. The van der Waals surface area contributed by atoms with Crippen molar-refractivity contribution < 1.29 is 13.6 Å². The van der Waals surface area contributed by atoms with E-state index in [-0.39, 0.29) is 18.0 Å². The topological polar surface area (TPSA) is 36.4 Å². The molecule has 1 amide bonds. The van der Waals surface area contributed by atoms with Crippen molar-refractivity contribution in [1.82, 2.24) is 9.88 Å². The molecule has 1 aromatic heterocycles. The summed E-state index contributed by atoms with van der Waals surface area (Å²) in [5.74, 6) is -2.18.